The van der Waals surface area contributed by atoms with E-state index in [0.29, 0.717) is 22.5 Å². The van der Waals surface area contributed by atoms with Gasteiger partial charge in [0.2, 0.25) is 0 Å². The van der Waals surface area contributed by atoms with E-state index in [9.17, 15) is 26.7 Å². The van der Waals surface area contributed by atoms with Crippen molar-refractivity contribution in [3.63, 3.8) is 0 Å². The normalized spacial score (nSPS) is 12.4. The number of nitrogens with one attached hydrogen (secondary N) is 1. The first-order valence-electron chi connectivity index (χ1n) is 11.4. The van der Waals surface area contributed by atoms with Crippen LogP contribution in [0.1, 0.15) is 48.2 Å². The number of amides is 1. The number of rotatable bonds is 8. The molecule has 4 aromatic rings. The fourth-order valence-electron chi connectivity index (χ4n) is 3.34. The van der Waals surface area contributed by atoms with Crippen LogP contribution in [0.5, 0.6) is 11.5 Å². The van der Waals surface area contributed by atoms with Gasteiger partial charge in [0.25, 0.3) is 5.91 Å². The Kier molecular flexibility index (Phi) is 7.86. The Labute approximate surface area is 223 Å². The van der Waals surface area contributed by atoms with Crippen molar-refractivity contribution in [2.24, 2.45) is 5.41 Å². The Morgan fingerprint density at radius 3 is 2.59 bits per heavy atom. The molecule has 0 aliphatic heterocycles. The SMILES string of the molecule is CC(C)(C)COc1c(C=Cc2nc3ccncn3c2C(=O)Nc2nc(C(F)(F)F)cs2)cccc1OC(F)F. The topological polar surface area (TPSA) is 90.6 Å². The van der Waals surface area contributed by atoms with Crippen LogP contribution in [0.15, 0.2) is 42.2 Å². The minimum atomic E-state index is -4.66. The van der Waals surface area contributed by atoms with Gasteiger partial charge in [-0.15, -0.1) is 11.3 Å². The van der Waals surface area contributed by atoms with Gasteiger partial charge in [-0.3, -0.25) is 14.5 Å². The number of fused-ring (bicyclic) bond motifs is 1. The van der Waals surface area contributed by atoms with E-state index in [1.165, 1.54) is 47.3 Å². The van der Waals surface area contributed by atoms with E-state index >= 15 is 0 Å². The number of benzene rings is 1. The molecule has 0 atom stereocenters. The summed E-state index contributed by atoms with van der Waals surface area (Å²) >= 11 is 0.621. The van der Waals surface area contributed by atoms with Crippen LogP contribution < -0.4 is 14.8 Å². The van der Waals surface area contributed by atoms with E-state index < -0.39 is 24.4 Å². The van der Waals surface area contributed by atoms with Gasteiger partial charge in [0.15, 0.2) is 22.3 Å². The van der Waals surface area contributed by atoms with Crippen LogP contribution >= 0.6 is 11.3 Å². The van der Waals surface area contributed by atoms with E-state index in [1.807, 2.05) is 20.8 Å². The molecule has 206 valence electrons. The van der Waals surface area contributed by atoms with E-state index in [2.05, 4.69) is 25.0 Å². The third-order valence-electron chi connectivity index (χ3n) is 4.98. The quantitative estimate of drug-likeness (QED) is 0.240. The van der Waals surface area contributed by atoms with E-state index in [-0.39, 0.29) is 40.0 Å². The smallest absolute Gasteiger partial charge is 0.434 e. The second-order valence-corrected chi connectivity index (χ2v) is 10.2. The number of ether oxygens (including phenoxy) is 2. The van der Waals surface area contributed by atoms with Gasteiger partial charge < -0.3 is 9.47 Å². The highest BCUT2D eigenvalue weighted by molar-refractivity contribution is 7.14. The molecule has 0 fully saturated rings. The molecule has 0 spiro atoms. The monoisotopic (exact) mass is 567 g/mol. The molecule has 14 heteroatoms. The van der Waals surface area contributed by atoms with Gasteiger partial charge in [-0.1, -0.05) is 32.9 Å². The van der Waals surface area contributed by atoms with Gasteiger partial charge in [0.1, 0.15) is 17.7 Å². The number of imidazole rings is 1. The van der Waals surface area contributed by atoms with Crippen molar-refractivity contribution < 1.29 is 36.2 Å². The molecule has 1 aromatic carbocycles. The number of anilines is 1. The molecule has 0 aliphatic rings. The van der Waals surface area contributed by atoms with Crippen LogP contribution in [-0.4, -0.2) is 38.5 Å². The molecule has 39 heavy (non-hydrogen) atoms. The van der Waals surface area contributed by atoms with Crippen LogP contribution in [0, 0.1) is 5.41 Å². The number of thiazole rings is 1. The van der Waals surface area contributed by atoms with Gasteiger partial charge in [-0.25, -0.2) is 15.0 Å². The van der Waals surface area contributed by atoms with Crippen molar-refractivity contribution in [2.75, 3.05) is 11.9 Å². The number of carbonyl (C=O) groups excluding carboxylic acids is 1. The summed E-state index contributed by atoms with van der Waals surface area (Å²) in [5.74, 6) is -0.877. The lowest BCUT2D eigenvalue weighted by Crippen LogP contribution is -2.18. The number of para-hydroxylation sites is 1. The molecular weight excluding hydrogens is 545 g/mol. The number of carbonyl (C=O) groups is 1. The molecular formula is C25H22F5N5O3S. The molecule has 1 amide bonds. The Morgan fingerprint density at radius 2 is 1.92 bits per heavy atom. The summed E-state index contributed by atoms with van der Waals surface area (Å²) in [7, 11) is 0. The molecule has 0 radical (unpaired) electrons. The third-order valence-corrected chi connectivity index (χ3v) is 5.74. The summed E-state index contributed by atoms with van der Waals surface area (Å²) in [6, 6.07) is 6.00. The second kappa shape index (κ2) is 11.0. The van der Waals surface area contributed by atoms with E-state index in [1.54, 1.807) is 6.07 Å². The van der Waals surface area contributed by atoms with Crippen LogP contribution in [0.25, 0.3) is 17.8 Å². The average Bonchev–Trinajstić information content (AvgIpc) is 3.45. The first-order valence-corrected chi connectivity index (χ1v) is 12.2. The zero-order valence-electron chi connectivity index (χ0n) is 20.8. The predicted octanol–water partition coefficient (Wildman–Crippen LogP) is 6.65. The second-order valence-electron chi connectivity index (χ2n) is 9.38. The largest absolute Gasteiger partial charge is 0.489 e. The Bertz CT molecular complexity index is 1510. The summed E-state index contributed by atoms with van der Waals surface area (Å²) in [6.07, 6.45) is 1.09. The maximum Gasteiger partial charge on any atom is 0.434 e. The highest BCUT2D eigenvalue weighted by atomic mass is 32.1. The van der Waals surface area contributed by atoms with Crippen molar-refractivity contribution in [1.29, 1.82) is 0 Å². The Morgan fingerprint density at radius 1 is 1.15 bits per heavy atom. The number of nitrogens with zero attached hydrogens (tertiary/aromatic N) is 4. The van der Waals surface area contributed by atoms with Gasteiger partial charge in [0, 0.05) is 17.1 Å². The van der Waals surface area contributed by atoms with Crippen molar-refractivity contribution >= 4 is 40.2 Å². The van der Waals surface area contributed by atoms with Crippen molar-refractivity contribution in [1.82, 2.24) is 19.4 Å². The standard InChI is InChI=1S/C25H22F5N5O3S/c1-24(2,3)12-37-20-14(5-4-6-16(20)38-22(26)27)7-8-15-19(35-13-31-10-9-18(35)32-15)21(36)34-23-33-17(11-39-23)25(28,29)30/h4-11,13,22H,12H2,1-3H3,(H,33,34,36). The molecule has 0 bridgehead atoms. The number of aromatic nitrogens is 4. The summed E-state index contributed by atoms with van der Waals surface area (Å²) in [5.41, 5.74) is -0.611. The molecule has 1 N–H and O–H groups in total. The van der Waals surface area contributed by atoms with Crippen LogP contribution in [0.4, 0.5) is 27.1 Å². The Balaban J connectivity index is 1.71. The lowest BCUT2D eigenvalue weighted by atomic mass is 9.98. The van der Waals surface area contributed by atoms with Crippen LogP contribution in [0.2, 0.25) is 0 Å². The maximum absolute atomic E-state index is 13.2. The van der Waals surface area contributed by atoms with Gasteiger partial charge >= 0.3 is 12.8 Å². The third kappa shape index (κ3) is 6.88. The van der Waals surface area contributed by atoms with Crippen LogP contribution in [0.3, 0.4) is 0 Å². The molecule has 3 heterocycles. The number of halogens is 5. The van der Waals surface area contributed by atoms with Crippen molar-refractivity contribution in [3.8, 4) is 11.5 Å². The lowest BCUT2D eigenvalue weighted by Gasteiger charge is -2.21. The first-order chi connectivity index (χ1) is 18.3. The molecule has 0 saturated carbocycles. The number of hydrogen-bond donors (Lipinski definition) is 1. The lowest BCUT2D eigenvalue weighted by molar-refractivity contribution is -0.140. The maximum atomic E-state index is 13.2. The average molecular weight is 568 g/mol. The Hall–Kier alpha value is -4.07. The van der Waals surface area contributed by atoms with Gasteiger partial charge in [0.05, 0.1) is 12.3 Å². The summed E-state index contributed by atoms with van der Waals surface area (Å²) in [6.45, 7) is 2.85. The zero-order chi connectivity index (χ0) is 28.4. The van der Waals surface area contributed by atoms with E-state index in [4.69, 9.17) is 4.74 Å². The zero-order valence-corrected chi connectivity index (χ0v) is 21.6. The number of alkyl halides is 5. The highest BCUT2D eigenvalue weighted by Gasteiger charge is 2.34. The van der Waals surface area contributed by atoms with Crippen LogP contribution in [-0.2, 0) is 6.18 Å². The minimum Gasteiger partial charge on any atom is -0.489 e. The predicted molar refractivity (Wildman–Crippen MR) is 135 cm³/mol. The fraction of sp³-hybridized carbons (Fsp3) is 0.280. The van der Waals surface area contributed by atoms with Crippen molar-refractivity contribution in [3.05, 3.63) is 64.8 Å². The first kappa shape index (κ1) is 28.0. The minimum absolute atomic E-state index is 0.0322. The van der Waals surface area contributed by atoms with Crippen molar-refractivity contribution in [2.45, 2.75) is 33.6 Å². The number of hydrogen-bond acceptors (Lipinski definition) is 7. The molecule has 4 rings (SSSR count). The van der Waals surface area contributed by atoms with E-state index in [0.717, 1.165) is 5.38 Å². The molecule has 3 aromatic heterocycles. The summed E-state index contributed by atoms with van der Waals surface area (Å²) < 4.78 is 76.7. The molecule has 0 saturated heterocycles. The summed E-state index contributed by atoms with van der Waals surface area (Å²) in [5, 5.41) is 2.90. The molecule has 0 aliphatic carbocycles. The fourth-order valence-corrected chi connectivity index (χ4v) is 4.05. The molecule has 8 nitrogen and oxygen atoms in total. The highest BCUT2D eigenvalue weighted by Crippen LogP contribution is 2.35. The van der Waals surface area contributed by atoms with Gasteiger partial charge in [-0.05, 0) is 29.7 Å². The summed E-state index contributed by atoms with van der Waals surface area (Å²) in [4.78, 5) is 25.0. The van der Waals surface area contributed by atoms with Gasteiger partial charge in [-0.2, -0.15) is 22.0 Å². The molecule has 0 unspecified atom stereocenters.